The molecule has 2 aromatic carbocycles. The van der Waals surface area contributed by atoms with Crippen LogP contribution < -0.4 is 28.4 Å². The average Bonchev–Trinajstić information content (AvgIpc) is 3.06. The first-order valence-corrected chi connectivity index (χ1v) is 13.3. The standard InChI is InChI=1S/C32H30N6O6/c1-39-23-7-19-15-33-25-11-29(41-3)31(43-5)13-27(25)35-17-21-9-24(40-2)10-22(38-21)18-36-28-14-32(44-6)30(42-4)12-26(28)34-16-20(8-23)37-19/h7-18H,1-6H3. The van der Waals surface area contributed by atoms with Gasteiger partial charge in [-0.25, -0.2) is 9.97 Å². The second-order valence-electron chi connectivity index (χ2n) is 9.14. The molecule has 0 aliphatic heterocycles. The fraction of sp³-hybridized carbons (Fsp3) is 0.188. The molecule has 5 aromatic rings. The van der Waals surface area contributed by atoms with Gasteiger partial charge in [0.1, 0.15) is 11.5 Å². The van der Waals surface area contributed by atoms with Crippen LogP contribution >= 0.6 is 0 Å². The maximum absolute atomic E-state index is 5.52. The van der Waals surface area contributed by atoms with Gasteiger partial charge in [-0.1, -0.05) is 0 Å². The van der Waals surface area contributed by atoms with Crippen molar-refractivity contribution in [2.24, 2.45) is 0 Å². The van der Waals surface area contributed by atoms with Crippen molar-refractivity contribution in [1.82, 2.24) is 29.9 Å². The van der Waals surface area contributed by atoms with E-state index in [9.17, 15) is 0 Å². The van der Waals surface area contributed by atoms with Crippen molar-refractivity contribution in [3.05, 3.63) is 73.3 Å². The van der Waals surface area contributed by atoms with Crippen LogP contribution in [0.2, 0.25) is 0 Å². The average molecular weight is 595 g/mol. The quantitative estimate of drug-likeness (QED) is 0.245. The fourth-order valence-electron chi connectivity index (χ4n) is 4.27. The number of hydrogen-bond acceptors (Lipinski definition) is 12. The molecule has 0 spiro atoms. The second kappa shape index (κ2) is 13.5. The molecule has 44 heavy (non-hydrogen) atoms. The Labute approximate surface area is 252 Å². The summed E-state index contributed by atoms with van der Waals surface area (Å²) in [6.07, 6.45) is 6.43. The summed E-state index contributed by atoms with van der Waals surface area (Å²) in [4.78, 5) is 28.1. The van der Waals surface area contributed by atoms with Crippen molar-refractivity contribution in [1.29, 1.82) is 0 Å². The molecule has 0 saturated carbocycles. The lowest BCUT2D eigenvalue weighted by molar-refractivity contribution is 0.355. The zero-order valence-electron chi connectivity index (χ0n) is 25.1. The minimum Gasteiger partial charge on any atom is -0.497 e. The SMILES string of the molecule is COc1cc2cnc3cc(OC)c(OC)cc3ncc3cc(OC)cc(cnc4cc(OC)c(OC)cc4ncc(c1)n2)n3. The van der Waals surface area contributed by atoms with Gasteiger partial charge in [0.05, 0.1) is 112 Å². The Kier molecular flexibility index (Phi) is 9.09. The van der Waals surface area contributed by atoms with E-state index in [2.05, 4.69) is 9.97 Å². The van der Waals surface area contributed by atoms with Crippen molar-refractivity contribution in [2.75, 3.05) is 42.7 Å². The van der Waals surface area contributed by atoms with Crippen molar-refractivity contribution in [3.63, 3.8) is 0 Å². The third-order valence-corrected chi connectivity index (χ3v) is 6.45. The first kappa shape index (κ1) is 29.7. The number of fused-ring (bicyclic) bond motifs is 6. The van der Waals surface area contributed by atoms with Gasteiger partial charge in [-0.3, -0.25) is 19.9 Å². The number of pyridine rings is 2. The molecule has 0 saturated heterocycles. The van der Waals surface area contributed by atoms with Gasteiger partial charge in [-0.15, -0.1) is 0 Å². The number of aromatic nitrogens is 6. The Morgan fingerprint density at radius 3 is 0.795 bits per heavy atom. The van der Waals surface area contributed by atoms with Crippen LogP contribution in [-0.2, 0) is 0 Å². The minimum absolute atomic E-state index is 0.496. The van der Waals surface area contributed by atoms with Crippen molar-refractivity contribution >= 4 is 44.1 Å². The molecular formula is C32H30N6O6. The molecule has 0 aliphatic carbocycles. The summed E-state index contributed by atoms with van der Waals surface area (Å²) in [6, 6.07) is 14.0. The van der Waals surface area contributed by atoms with Gasteiger partial charge in [-0.2, -0.15) is 0 Å². The van der Waals surface area contributed by atoms with E-state index in [1.165, 1.54) is 0 Å². The van der Waals surface area contributed by atoms with Gasteiger partial charge < -0.3 is 28.4 Å². The zero-order valence-corrected chi connectivity index (χ0v) is 25.1. The van der Waals surface area contributed by atoms with E-state index in [0.717, 1.165) is 0 Å². The topological polar surface area (TPSA) is 133 Å². The first-order valence-electron chi connectivity index (χ1n) is 13.3. The third kappa shape index (κ3) is 6.65. The van der Waals surface area contributed by atoms with Crippen molar-refractivity contribution < 1.29 is 28.4 Å². The van der Waals surface area contributed by atoms with E-state index in [1.54, 1.807) is 116 Å². The maximum Gasteiger partial charge on any atom is 0.163 e. The van der Waals surface area contributed by atoms with Gasteiger partial charge in [0.15, 0.2) is 23.0 Å². The summed E-state index contributed by atoms with van der Waals surface area (Å²) in [5.74, 6) is 3.14. The highest BCUT2D eigenvalue weighted by atomic mass is 16.5. The van der Waals surface area contributed by atoms with E-state index >= 15 is 0 Å². The number of ether oxygens (including phenoxy) is 6. The van der Waals surface area contributed by atoms with Crippen LogP contribution in [0.25, 0.3) is 44.1 Å². The van der Waals surface area contributed by atoms with E-state index in [1.807, 2.05) is 0 Å². The fourth-order valence-corrected chi connectivity index (χ4v) is 4.27. The molecular weight excluding hydrogens is 564 g/mol. The van der Waals surface area contributed by atoms with Gasteiger partial charge >= 0.3 is 0 Å². The molecule has 12 nitrogen and oxygen atoms in total. The lowest BCUT2D eigenvalue weighted by atomic mass is 10.2. The predicted octanol–water partition coefficient (Wildman–Crippen LogP) is 5.53. The van der Waals surface area contributed by atoms with Gasteiger partial charge in [0.25, 0.3) is 0 Å². The second-order valence-corrected chi connectivity index (χ2v) is 9.14. The Balaban J connectivity index is 1.94. The molecule has 4 bridgehead atoms. The normalized spacial score (nSPS) is 10.5. The van der Waals surface area contributed by atoms with Crippen molar-refractivity contribution in [2.45, 2.75) is 0 Å². The minimum atomic E-state index is 0.496. The Bertz CT molecular complexity index is 1740. The van der Waals surface area contributed by atoms with Gasteiger partial charge in [0.2, 0.25) is 0 Å². The van der Waals surface area contributed by atoms with Crippen LogP contribution in [0, 0.1) is 0 Å². The van der Waals surface area contributed by atoms with Crippen LogP contribution in [0.1, 0.15) is 0 Å². The summed E-state index contributed by atoms with van der Waals surface area (Å²) < 4.78 is 33.1. The number of hydrogen-bond donors (Lipinski definition) is 0. The van der Waals surface area contributed by atoms with Crippen molar-refractivity contribution in [3.8, 4) is 34.5 Å². The van der Waals surface area contributed by atoms with E-state index < -0.39 is 0 Å². The molecule has 224 valence electrons. The smallest absolute Gasteiger partial charge is 0.163 e. The highest BCUT2D eigenvalue weighted by Crippen LogP contribution is 2.31. The number of rotatable bonds is 6. The molecule has 0 radical (unpaired) electrons. The summed E-state index contributed by atoms with van der Waals surface area (Å²) in [6.45, 7) is 0. The zero-order chi connectivity index (χ0) is 31.1. The molecule has 0 unspecified atom stereocenters. The van der Waals surface area contributed by atoms with Gasteiger partial charge in [0, 0.05) is 48.5 Å². The lowest BCUT2D eigenvalue weighted by Gasteiger charge is -2.07. The Hall–Kier alpha value is -5.78. The summed E-state index contributed by atoms with van der Waals surface area (Å²) in [5, 5.41) is 0. The van der Waals surface area contributed by atoms with E-state index in [4.69, 9.17) is 48.4 Å². The molecule has 0 fully saturated rings. The molecule has 0 atom stereocenters. The number of nitrogens with zero attached hydrogens (tertiary/aromatic N) is 6. The van der Waals surface area contributed by atoms with Crippen LogP contribution in [0.5, 0.6) is 34.5 Å². The van der Waals surface area contributed by atoms with Crippen LogP contribution in [0.3, 0.4) is 0 Å². The molecule has 0 N–H and O–H groups in total. The lowest BCUT2D eigenvalue weighted by Crippen LogP contribution is -1.92. The van der Waals surface area contributed by atoms with Gasteiger partial charge in [-0.05, 0) is 0 Å². The predicted molar refractivity (Wildman–Crippen MR) is 167 cm³/mol. The summed E-state index contributed by atoms with van der Waals surface area (Å²) in [5.41, 5.74) is 4.17. The van der Waals surface area contributed by atoms with E-state index in [-0.39, 0.29) is 0 Å². The van der Waals surface area contributed by atoms with Crippen LogP contribution in [-0.4, -0.2) is 72.6 Å². The number of benzene rings is 2. The summed E-state index contributed by atoms with van der Waals surface area (Å²) >= 11 is 0. The first-order chi connectivity index (χ1) is 21.5. The van der Waals surface area contributed by atoms with Crippen LogP contribution in [0.4, 0.5) is 0 Å². The molecule has 3 aromatic heterocycles. The number of methoxy groups -OCH3 is 6. The highest BCUT2D eigenvalue weighted by Gasteiger charge is 2.08. The van der Waals surface area contributed by atoms with E-state index in [0.29, 0.717) is 78.6 Å². The highest BCUT2D eigenvalue weighted by molar-refractivity contribution is 5.80. The largest absolute Gasteiger partial charge is 0.497 e. The Morgan fingerprint density at radius 2 is 0.591 bits per heavy atom. The summed E-state index contributed by atoms with van der Waals surface area (Å²) in [7, 11) is 9.38. The monoisotopic (exact) mass is 594 g/mol. The molecule has 5 rings (SSSR count). The van der Waals surface area contributed by atoms with Crippen LogP contribution in [0.15, 0.2) is 73.3 Å². The molecule has 12 heteroatoms. The maximum atomic E-state index is 5.52. The molecule has 0 amide bonds. The Morgan fingerprint density at radius 1 is 0.341 bits per heavy atom. The molecule has 3 heterocycles. The third-order valence-electron chi connectivity index (χ3n) is 6.45. The molecule has 0 aliphatic rings.